The molecule has 0 spiro atoms. The Balaban J connectivity index is 1.97. The number of rotatable bonds is 6. The summed E-state index contributed by atoms with van der Waals surface area (Å²) in [6.07, 6.45) is 0. The second-order valence-electron chi connectivity index (χ2n) is 4.07. The van der Waals surface area contributed by atoms with Gasteiger partial charge in [0.2, 0.25) is 0 Å². The Hall–Kier alpha value is -2.70. The molecule has 0 amide bonds. The molecule has 0 aliphatic heterocycles. The van der Waals surface area contributed by atoms with Gasteiger partial charge in [-0.05, 0) is 29.8 Å². The molecule has 0 bridgehead atoms. The van der Waals surface area contributed by atoms with E-state index < -0.39 is 11.5 Å². The van der Waals surface area contributed by atoms with Crippen molar-refractivity contribution in [1.29, 1.82) is 0 Å². The third-order valence-electron chi connectivity index (χ3n) is 2.58. The van der Waals surface area contributed by atoms with Gasteiger partial charge in [0.1, 0.15) is 18.1 Å². The molecule has 21 heavy (non-hydrogen) atoms. The van der Waals surface area contributed by atoms with Crippen LogP contribution in [0, 0.1) is 10.1 Å². The van der Waals surface area contributed by atoms with E-state index in [1.54, 1.807) is 12.1 Å². The van der Waals surface area contributed by atoms with E-state index in [4.69, 9.17) is 4.74 Å². The van der Waals surface area contributed by atoms with Crippen molar-refractivity contribution < 1.29 is 23.2 Å². The molecule has 2 aromatic carbocycles. The smallest absolute Gasteiger partial charge is 0.387 e. The monoisotopic (exact) mass is 295 g/mol. The Morgan fingerprint density at radius 2 is 1.81 bits per heavy atom. The molecule has 2 rings (SSSR count). The highest BCUT2D eigenvalue weighted by molar-refractivity contribution is 5.36. The molecule has 5 nitrogen and oxygen atoms in total. The van der Waals surface area contributed by atoms with Crippen molar-refractivity contribution >= 4 is 5.69 Å². The minimum absolute atomic E-state index is 0.0327. The lowest BCUT2D eigenvalue weighted by Gasteiger charge is -2.08. The Morgan fingerprint density at radius 1 is 1.10 bits per heavy atom. The van der Waals surface area contributed by atoms with Crippen LogP contribution in [0.3, 0.4) is 0 Å². The third kappa shape index (κ3) is 4.41. The number of ether oxygens (including phenoxy) is 2. The summed E-state index contributed by atoms with van der Waals surface area (Å²) in [5.41, 5.74) is 0.612. The summed E-state index contributed by atoms with van der Waals surface area (Å²) in [7, 11) is 0. The molecule has 0 saturated carbocycles. The lowest BCUT2D eigenvalue weighted by atomic mass is 10.2. The molecular weight excluding hydrogens is 284 g/mol. The van der Waals surface area contributed by atoms with E-state index in [1.807, 2.05) is 0 Å². The molecule has 110 valence electrons. The fourth-order valence-electron chi connectivity index (χ4n) is 1.64. The number of alkyl halides is 2. The summed E-state index contributed by atoms with van der Waals surface area (Å²) in [4.78, 5) is 10.0. The van der Waals surface area contributed by atoms with Gasteiger partial charge in [0.05, 0.1) is 4.92 Å². The average Bonchev–Trinajstić information content (AvgIpc) is 2.45. The zero-order valence-electron chi connectivity index (χ0n) is 10.7. The standard InChI is InChI=1S/C14H11F2NO4/c15-14(16)21-13-3-1-2-10(8-13)9-20-12-6-4-11(5-7-12)17(18)19/h1-8,14H,9H2. The first-order valence-electron chi connectivity index (χ1n) is 5.95. The highest BCUT2D eigenvalue weighted by Crippen LogP contribution is 2.20. The van der Waals surface area contributed by atoms with Gasteiger partial charge in [0.15, 0.2) is 0 Å². The minimum Gasteiger partial charge on any atom is -0.489 e. The first-order valence-corrected chi connectivity index (χ1v) is 5.95. The number of nitrogens with zero attached hydrogens (tertiary/aromatic N) is 1. The van der Waals surface area contributed by atoms with Gasteiger partial charge >= 0.3 is 6.61 Å². The summed E-state index contributed by atoms with van der Waals surface area (Å²) >= 11 is 0. The summed E-state index contributed by atoms with van der Waals surface area (Å²) in [6.45, 7) is -2.74. The number of nitro benzene ring substituents is 1. The van der Waals surface area contributed by atoms with Gasteiger partial charge in [0.25, 0.3) is 5.69 Å². The Kier molecular flexibility index (Phi) is 4.65. The maximum Gasteiger partial charge on any atom is 0.387 e. The van der Waals surface area contributed by atoms with Crippen LogP contribution in [0.4, 0.5) is 14.5 Å². The molecule has 0 heterocycles. The van der Waals surface area contributed by atoms with Crippen molar-refractivity contribution in [3.05, 3.63) is 64.2 Å². The average molecular weight is 295 g/mol. The number of halogens is 2. The highest BCUT2D eigenvalue weighted by atomic mass is 19.3. The van der Waals surface area contributed by atoms with Gasteiger partial charge < -0.3 is 9.47 Å². The molecular formula is C14H11F2NO4. The molecule has 0 aliphatic carbocycles. The highest BCUT2D eigenvalue weighted by Gasteiger charge is 2.06. The normalized spacial score (nSPS) is 10.4. The fraction of sp³-hybridized carbons (Fsp3) is 0.143. The van der Waals surface area contributed by atoms with Gasteiger partial charge in [-0.1, -0.05) is 12.1 Å². The zero-order valence-corrected chi connectivity index (χ0v) is 10.7. The van der Waals surface area contributed by atoms with Crippen molar-refractivity contribution in [1.82, 2.24) is 0 Å². The molecule has 0 fully saturated rings. The molecule has 0 atom stereocenters. The summed E-state index contributed by atoms with van der Waals surface area (Å²) < 4.78 is 33.9. The van der Waals surface area contributed by atoms with E-state index in [2.05, 4.69) is 4.74 Å². The summed E-state index contributed by atoms with van der Waals surface area (Å²) in [5.74, 6) is 0.496. The van der Waals surface area contributed by atoms with Gasteiger partial charge in [-0.3, -0.25) is 10.1 Å². The molecule has 2 aromatic rings. The number of nitro groups is 1. The molecule has 0 aromatic heterocycles. The topological polar surface area (TPSA) is 61.6 Å². The second-order valence-corrected chi connectivity index (χ2v) is 4.07. The Bertz CT molecular complexity index is 617. The van der Waals surface area contributed by atoms with Crippen LogP contribution in [-0.4, -0.2) is 11.5 Å². The van der Waals surface area contributed by atoms with Crippen LogP contribution < -0.4 is 9.47 Å². The van der Waals surface area contributed by atoms with Crippen molar-refractivity contribution in [2.45, 2.75) is 13.2 Å². The first-order chi connectivity index (χ1) is 10.0. The van der Waals surface area contributed by atoms with Crippen LogP contribution in [0.1, 0.15) is 5.56 Å². The molecule has 0 radical (unpaired) electrons. The summed E-state index contributed by atoms with van der Waals surface area (Å²) in [6, 6.07) is 11.7. The van der Waals surface area contributed by atoms with Crippen LogP contribution in [0.15, 0.2) is 48.5 Å². The van der Waals surface area contributed by atoms with Gasteiger partial charge in [0, 0.05) is 12.1 Å². The van der Waals surface area contributed by atoms with Crippen molar-refractivity contribution in [3.8, 4) is 11.5 Å². The second kappa shape index (κ2) is 6.65. The summed E-state index contributed by atoms with van der Waals surface area (Å²) in [5, 5.41) is 10.5. The van der Waals surface area contributed by atoms with E-state index >= 15 is 0 Å². The Labute approximate surface area is 118 Å². The van der Waals surface area contributed by atoms with Crippen LogP contribution in [0.2, 0.25) is 0 Å². The third-order valence-corrected chi connectivity index (χ3v) is 2.58. The van der Waals surface area contributed by atoms with E-state index in [9.17, 15) is 18.9 Å². The quantitative estimate of drug-likeness (QED) is 0.601. The first kappa shape index (κ1) is 14.7. The van der Waals surface area contributed by atoms with Crippen molar-refractivity contribution in [3.63, 3.8) is 0 Å². The largest absolute Gasteiger partial charge is 0.489 e. The lowest BCUT2D eigenvalue weighted by Crippen LogP contribution is -2.03. The van der Waals surface area contributed by atoms with Crippen LogP contribution in [-0.2, 0) is 6.61 Å². The van der Waals surface area contributed by atoms with E-state index in [1.165, 1.54) is 36.4 Å². The predicted octanol–water partition coefficient (Wildman–Crippen LogP) is 3.78. The maximum absolute atomic E-state index is 12.1. The van der Waals surface area contributed by atoms with E-state index in [0.717, 1.165) is 0 Å². The van der Waals surface area contributed by atoms with Crippen molar-refractivity contribution in [2.75, 3.05) is 0 Å². The van der Waals surface area contributed by atoms with E-state index in [0.29, 0.717) is 11.3 Å². The number of non-ortho nitro benzene ring substituents is 1. The van der Waals surface area contributed by atoms with Gasteiger partial charge in [-0.25, -0.2) is 0 Å². The van der Waals surface area contributed by atoms with Crippen molar-refractivity contribution in [2.24, 2.45) is 0 Å². The lowest BCUT2D eigenvalue weighted by molar-refractivity contribution is -0.384. The molecule has 0 saturated heterocycles. The number of hydrogen-bond acceptors (Lipinski definition) is 4. The van der Waals surface area contributed by atoms with Crippen LogP contribution in [0.5, 0.6) is 11.5 Å². The SMILES string of the molecule is O=[N+]([O-])c1ccc(OCc2cccc(OC(F)F)c2)cc1. The molecule has 0 N–H and O–H groups in total. The number of hydrogen-bond donors (Lipinski definition) is 0. The minimum atomic E-state index is -2.88. The predicted molar refractivity (Wildman–Crippen MR) is 70.5 cm³/mol. The van der Waals surface area contributed by atoms with Gasteiger partial charge in [-0.2, -0.15) is 8.78 Å². The van der Waals surface area contributed by atoms with Crippen LogP contribution in [0.25, 0.3) is 0 Å². The maximum atomic E-state index is 12.1. The fourth-order valence-corrected chi connectivity index (χ4v) is 1.64. The molecule has 0 aliphatic rings. The molecule has 7 heteroatoms. The van der Waals surface area contributed by atoms with E-state index in [-0.39, 0.29) is 18.0 Å². The number of benzene rings is 2. The Morgan fingerprint density at radius 3 is 2.43 bits per heavy atom. The molecule has 0 unspecified atom stereocenters. The zero-order chi connectivity index (χ0) is 15.2. The van der Waals surface area contributed by atoms with Gasteiger partial charge in [-0.15, -0.1) is 0 Å². The van der Waals surface area contributed by atoms with Crippen LogP contribution >= 0.6 is 0 Å².